The number of nitrogens with zero attached hydrogens (tertiary/aromatic N) is 2. The average molecular weight is 287 g/mol. The number of hydrogen-bond donors (Lipinski definition) is 1. The SMILES string of the molecule is Cc1cccc(Cc2noc(CCC(C)(C)CCN)n2)c1. The summed E-state index contributed by atoms with van der Waals surface area (Å²) in [6, 6.07) is 8.39. The topological polar surface area (TPSA) is 64.9 Å². The van der Waals surface area contributed by atoms with Crippen molar-refractivity contribution in [2.24, 2.45) is 11.1 Å². The Bertz CT molecular complexity index is 575. The van der Waals surface area contributed by atoms with E-state index in [9.17, 15) is 0 Å². The number of hydrogen-bond acceptors (Lipinski definition) is 4. The van der Waals surface area contributed by atoms with Crippen LogP contribution in [0.3, 0.4) is 0 Å². The van der Waals surface area contributed by atoms with E-state index in [0.29, 0.717) is 0 Å². The number of benzene rings is 1. The summed E-state index contributed by atoms with van der Waals surface area (Å²) in [6.45, 7) is 7.26. The van der Waals surface area contributed by atoms with Gasteiger partial charge in [0, 0.05) is 12.8 Å². The molecule has 0 fully saturated rings. The van der Waals surface area contributed by atoms with Gasteiger partial charge < -0.3 is 10.3 Å². The molecule has 0 saturated carbocycles. The van der Waals surface area contributed by atoms with Crippen molar-refractivity contribution < 1.29 is 4.52 Å². The highest BCUT2D eigenvalue weighted by molar-refractivity contribution is 5.24. The first-order valence-electron chi connectivity index (χ1n) is 7.55. The molecule has 0 amide bonds. The van der Waals surface area contributed by atoms with Gasteiger partial charge in [0.15, 0.2) is 5.82 Å². The van der Waals surface area contributed by atoms with Crippen molar-refractivity contribution in [3.8, 4) is 0 Å². The summed E-state index contributed by atoms with van der Waals surface area (Å²) in [7, 11) is 0. The molecular weight excluding hydrogens is 262 g/mol. The van der Waals surface area contributed by atoms with Crippen molar-refractivity contribution >= 4 is 0 Å². The van der Waals surface area contributed by atoms with Crippen molar-refractivity contribution in [1.82, 2.24) is 10.1 Å². The Morgan fingerprint density at radius 3 is 2.76 bits per heavy atom. The lowest BCUT2D eigenvalue weighted by Crippen LogP contribution is -2.17. The highest BCUT2D eigenvalue weighted by Gasteiger charge is 2.18. The lowest BCUT2D eigenvalue weighted by atomic mass is 9.84. The van der Waals surface area contributed by atoms with Gasteiger partial charge >= 0.3 is 0 Å². The van der Waals surface area contributed by atoms with Gasteiger partial charge in [0.25, 0.3) is 0 Å². The first-order valence-corrected chi connectivity index (χ1v) is 7.55. The maximum atomic E-state index is 5.63. The molecule has 2 rings (SSSR count). The van der Waals surface area contributed by atoms with Gasteiger partial charge in [0.05, 0.1) is 0 Å². The van der Waals surface area contributed by atoms with E-state index in [1.165, 1.54) is 11.1 Å². The van der Waals surface area contributed by atoms with E-state index in [1.54, 1.807) is 0 Å². The van der Waals surface area contributed by atoms with Gasteiger partial charge in [0.1, 0.15) is 0 Å². The fourth-order valence-corrected chi connectivity index (χ4v) is 2.43. The summed E-state index contributed by atoms with van der Waals surface area (Å²) < 4.78 is 5.35. The van der Waals surface area contributed by atoms with Crippen LogP contribution >= 0.6 is 0 Å². The van der Waals surface area contributed by atoms with Crippen LogP contribution in [0.15, 0.2) is 28.8 Å². The lowest BCUT2D eigenvalue weighted by molar-refractivity contribution is 0.289. The summed E-state index contributed by atoms with van der Waals surface area (Å²) in [5.41, 5.74) is 8.32. The molecule has 2 aromatic rings. The predicted octanol–water partition coefficient (Wildman–Crippen LogP) is 3.28. The quantitative estimate of drug-likeness (QED) is 0.848. The summed E-state index contributed by atoms with van der Waals surface area (Å²) >= 11 is 0. The second-order valence-electron chi connectivity index (χ2n) is 6.47. The van der Waals surface area contributed by atoms with Gasteiger partial charge in [-0.2, -0.15) is 4.98 Å². The van der Waals surface area contributed by atoms with Gasteiger partial charge in [0.2, 0.25) is 5.89 Å². The van der Waals surface area contributed by atoms with Crippen molar-refractivity contribution in [2.45, 2.75) is 46.5 Å². The molecule has 0 radical (unpaired) electrons. The zero-order valence-electron chi connectivity index (χ0n) is 13.2. The van der Waals surface area contributed by atoms with E-state index in [4.69, 9.17) is 10.3 Å². The molecule has 1 heterocycles. The second kappa shape index (κ2) is 6.85. The van der Waals surface area contributed by atoms with Crippen molar-refractivity contribution in [1.29, 1.82) is 0 Å². The molecule has 0 atom stereocenters. The van der Waals surface area contributed by atoms with Crippen LogP contribution in [-0.4, -0.2) is 16.7 Å². The number of aryl methyl sites for hydroxylation is 2. The molecule has 0 saturated heterocycles. The summed E-state index contributed by atoms with van der Waals surface area (Å²) in [5, 5.41) is 4.08. The smallest absolute Gasteiger partial charge is 0.226 e. The molecule has 0 aliphatic carbocycles. The Morgan fingerprint density at radius 2 is 2.05 bits per heavy atom. The van der Waals surface area contributed by atoms with Crippen molar-refractivity contribution in [3.05, 3.63) is 47.1 Å². The first kappa shape index (κ1) is 15.7. The normalized spacial score (nSPS) is 11.8. The maximum absolute atomic E-state index is 5.63. The molecule has 0 aliphatic rings. The van der Waals surface area contributed by atoms with Gasteiger partial charge in [-0.3, -0.25) is 0 Å². The molecule has 2 N–H and O–H groups in total. The molecule has 4 nitrogen and oxygen atoms in total. The predicted molar refractivity (Wildman–Crippen MR) is 84.1 cm³/mol. The monoisotopic (exact) mass is 287 g/mol. The number of nitrogens with two attached hydrogens (primary N) is 1. The Kier molecular flexibility index (Phi) is 5.12. The van der Waals surface area contributed by atoms with Crippen LogP contribution in [-0.2, 0) is 12.8 Å². The highest BCUT2D eigenvalue weighted by atomic mass is 16.5. The van der Waals surface area contributed by atoms with E-state index in [-0.39, 0.29) is 5.41 Å². The fourth-order valence-electron chi connectivity index (χ4n) is 2.43. The third-order valence-electron chi connectivity index (χ3n) is 3.79. The number of rotatable bonds is 7. The van der Waals surface area contributed by atoms with E-state index < -0.39 is 0 Å². The fraction of sp³-hybridized carbons (Fsp3) is 0.529. The zero-order valence-corrected chi connectivity index (χ0v) is 13.2. The van der Waals surface area contributed by atoms with Crippen molar-refractivity contribution in [2.75, 3.05) is 6.54 Å². The zero-order chi connectivity index (χ0) is 15.3. The van der Waals surface area contributed by atoms with Crippen LogP contribution in [0.4, 0.5) is 0 Å². The van der Waals surface area contributed by atoms with Crippen LogP contribution < -0.4 is 5.73 Å². The van der Waals surface area contributed by atoms with Crippen LogP contribution in [0.2, 0.25) is 0 Å². The molecule has 4 heteroatoms. The lowest BCUT2D eigenvalue weighted by Gasteiger charge is -2.22. The van der Waals surface area contributed by atoms with Crippen LogP contribution in [0, 0.1) is 12.3 Å². The van der Waals surface area contributed by atoms with Crippen LogP contribution in [0.5, 0.6) is 0 Å². The third-order valence-corrected chi connectivity index (χ3v) is 3.79. The molecule has 1 aromatic carbocycles. The Morgan fingerprint density at radius 1 is 1.24 bits per heavy atom. The van der Waals surface area contributed by atoms with E-state index in [1.807, 2.05) is 0 Å². The second-order valence-corrected chi connectivity index (χ2v) is 6.47. The molecule has 0 spiro atoms. The summed E-state index contributed by atoms with van der Waals surface area (Å²) in [4.78, 5) is 4.49. The van der Waals surface area contributed by atoms with Gasteiger partial charge in [-0.1, -0.05) is 48.8 Å². The molecule has 21 heavy (non-hydrogen) atoms. The van der Waals surface area contributed by atoms with Gasteiger partial charge in [-0.05, 0) is 37.3 Å². The standard InChI is InChI=1S/C17H25N3O/c1-13-5-4-6-14(11-13)12-15-19-16(21-20-15)7-8-17(2,3)9-10-18/h4-6,11H,7-10,12,18H2,1-3H3. The minimum absolute atomic E-state index is 0.222. The minimum atomic E-state index is 0.222. The largest absolute Gasteiger partial charge is 0.339 e. The first-order chi connectivity index (χ1) is 9.98. The van der Waals surface area contributed by atoms with E-state index in [0.717, 1.165) is 43.9 Å². The van der Waals surface area contributed by atoms with Gasteiger partial charge in [-0.25, -0.2) is 0 Å². The average Bonchev–Trinajstić information content (AvgIpc) is 2.84. The molecular formula is C17H25N3O. The van der Waals surface area contributed by atoms with E-state index in [2.05, 4.69) is 55.2 Å². The summed E-state index contributed by atoms with van der Waals surface area (Å²) in [5.74, 6) is 1.48. The highest BCUT2D eigenvalue weighted by Crippen LogP contribution is 2.25. The molecule has 1 aromatic heterocycles. The maximum Gasteiger partial charge on any atom is 0.226 e. The third kappa shape index (κ3) is 4.97. The van der Waals surface area contributed by atoms with E-state index >= 15 is 0 Å². The molecule has 0 unspecified atom stereocenters. The number of aromatic nitrogens is 2. The Hall–Kier alpha value is -1.68. The minimum Gasteiger partial charge on any atom is -0.339 e. The Balaban J connectivity index is 1.92. The van der Waals surface area contributed by atoms with Crippen LogP contribution in [0.1, 0.15) is 49.5 Å². The molecule has 0 bridgehead atoms. The molecule has 114 valence electrons. The van der Waals surface area contributed by atoms with Crippen LogP contribution in [0.25, 0.3) is 0 Å². The van der Waals surface area contributed by atoms with Crippen molar-refractivity contribution in [3.63, 3.8) is 0 Å². The Labute approximate surface area is 126 Å². The molecule has 0 aliphatic heterocycles. The summed E-state index contributed by atoms with van der Waals surface area (Å²) in [6.07, 6.45) is 3.55. The van der Waals surface area contributed by atoms with Gasteiger partial charge in [-0.15, -0.1) is 0 Å².